The fraction of sp³-hybridized carbons (Fsp3) is 0.143. The van der Waals surface area contributed by atoms with Crippen LogP contribution in [0.4, 0.5) is 5.82 Å². The lowest BCUT2D eigenvalue weighted by Crippen LogP contribution is -2.23. The van der Waals surface area contributed by atoms with Crippen molar-refractivity contribution in [2.45, 2.75) is 6.54 Å². The highest BCUT2D eigenvalue weighted by Gasteiger charge is 2.11. The number of pyridine rings is 1. The summed E-state index contributed by atoms with van der Waals surface area (Å²) in [5.41, 5.74) is 1.35. The summed E-state index contributed by atoms with van der Waals surface area (Å²) in [7, 11) is 1.73. The quantitative estimate of drug-likeness (QED) is 0.910. The van der Waals surface area contributed by atoms with Crippen molar-refractivity contribution in [2.75, 3.05) is 12.4 Å². The van der Waals surface area contributed by atoms with E-state index in [1.807, 2.05) is 12.1 Å². The van der Waals surface area contributed by atoms with E-state index in [1.165, 1.54) is 6.20 Å². The number of carbonyl (C=O) groups excluding carboxylic acids is 1. The summed E-state index contributed by atoms with van der Waals surface area (Å²) in [6, 6.07) is 8.88. The number of hydrogen-bond donors (Lipinski definition) is 2. The number of rotatable bonds is 4. The van der Waals surface area contributed by atoms with Crippen molar-refractivity contribution in [3.63, 3.8) is 0 Å². The predicted molar refractivity (Wildman–Crippen MR) is 81.4 cm³/mol. The maximum atomic E-state index is 12.1. The van der Waals surface area contributed by atoms with Gasteiger partial charge in [0.2, 0.25) is 0 Å². The van der Waals surface area contributed by atoms with E-state index in [4.69, 9.17) is 23.2 Å². The number of amides is 1. The van der Waals surface area contributed by atoms with Crippen molar-refractivity contribution < 1.29 is 4.79 Å². The third-order valence-corrected chi connectivity index (χ3v) is 3.28. The van der Waals surface area contributed by atoms with Crippen LogP contribution in [0.1, 0.15) is 15.9 Å². The number of nitrogens with zero attached hydrogens (tertiary/aromatic N) is 1. The molecule has 1 heterocycles. The van der Waals surface area contributed by atoms with E-state index in [0.717, 1.165) is 5.56 Å². The van der Waals surface area contributed by atoms with Gasteiger partial charge in [-0.15, -0.1) is 0 Å². The van der Waals surface area contributed by atoms with E-state index in [2.05, 4.69) is 15.6 Å². The Hall–Kier alpha value is -1.78. The lowest BCUT2D eigenvalue weighted by molar-refractivity contribution is 0.0951. The monoisotopic (exact) mass is 309 g/mol. The lowest BCUT2D eigenvalue weighted by atomic mass is 10.2. The Labute approximate surface area is 127 Å². The van der Waals surface area contributed by atoms with Crippen molar-refractivity contribution in [1.82, 2.24) is 10.3 Å². The molecule has 1 amide bonds. The molecule has 0 saturated carbocycles. The molecule has 0 saturated heterocycles. The molecule has 0 aliphatic heterocycles. The van der Waals surface area contributed by atoms with Crippen LogP contribution in [-0.2, 0) is 6.54 Å². The normalized spacial score (nSPS) is 10.2. The molecule has 0 spiro atoms. The molecular weight excluding hydrogens is 297 g/mol. The van der Waals surface area contributed by atoms with E-state index >= 15 is 0 Å². The molecule has 6 heteroatoms. The average Bonchev–Trinajstić information content (AvgIpc) is 2.47. The van der Waals surface area contributed by atoms with E-state index in [9.17, 15) is 4.79 Å². The largest absolute Gasteiger partial charge is 0.373 e. The van der Waals surface area contributed by atoms with Gasteiger partial charge in [0, 0.05) is 24.8 Å². The second kappa shape index (κ2) is 6.59. The van der Waals surface area contributed by atoms with E-state index in [0.29, 0.717) is 28.0 Å². The molecule has 2 aromatic rings. The fourth-order valence-electron chi connectivity index (χ4n) is 1.63. The van der Waals surface area contributed by atoms with Gasteiger partial charge < -0.3 is 10.6 Å². The summed E-state index contributed by atoms with van der Waals surface area (Å²) in [5, 5.41) is 6.65. The molecule has 0 fully saturated rings. The zero-order chi connectivity index (χ0) is 14.5. The first-order valence-corrected chi connectivity index (χ1v) is 6.71. The van der Waals surface area contributed by atoms with Gasteiger partial charge in [0.15, 0.2) is 0 Å². The van der Waals surface area contributed by atoms with Gasteiger partial charge in [-0.1, -0.05) is 35.3 Å². The number of hydrogen-bond acceptors (Lipinski definition) is 3. The molecule has 0 unspecified atom stereocenters. The van der Waals surface area contributed by atoms with Crippen molar-refractivity contribution >= 4 is 34.9 Å². The number of benzene rings is 1. The smallest absolute Gasteiger partial charge is 0.253 e. The molecule has 1 aromatic carbocycles. The summed E-state index contributed by atoms with van der Waals surface area (Å²) < 4.78 is 0. The van der Waals surface area contributed by atoms with Crippen molar-refractivity contribution in [3.05, 3.63) is 57.7 Å². The highest BCUT2D eigenvalue weighted by molar-refractivity contribution is 6.33. The molecular formula is C14H13Cl2N3O. The van der Waals surface area contributed by atoms with Gasteiger partial charge in [-0.3, -0.25) is 4.79 Å². The fourth-order valence-corrected chi connectivity index (χ4v) is 1.94. The number of nitrogens with one attached hydrogen (secondary N) is 2. The third-order valence-electron chi connectivity index (χ3n) is 2.72. The van der Waals surface area contributed by atoms with Gasteiger partial charge in [0.05, 0.1) is 10.6 Å². The minimum absolute atomic E-state index is 0.246. The Morgan fingerprint density at radius 2 is 1.95 bits per heavy atom. The van der Waals surface area contributed by atoms with Gasteiger partial charge in [-0.05, 0) is 23.8 Å². The van der Waals surface area contributed by atoms with Crippen LogP contribution in [0.25, 0.3) is 0 Å². The average molecular weight is 310 g/mol. The number of aromatic nitrogens is 1. The van der Waals surface area contributed by atoms with Crippen molar-refractivity contribution in [2.24, 2.45) is 0 Å². The molecule has 0 aliphatic carbocycles. The standard InChI is InChI=1S/C14H13Cl2N3O/c1-17-13-6-11(12(16)8-18-13)14(20)19-7-9-2-4-10(15)5-3-9/h2-6,8H,7H2,1H3,(H,17,18)(H,19,20). The first-order valence-electron chi connectivity index (χ1n) is 5.96. The number of halogens is 2. The molecule has 0 bridgehead atoms. The lowest BCUT2D eigenvalue weighted by Gasteiger charge is -2.08. The summed E-state index contributed by atoms with van der Waals surface area (Å²) in [6.45, 7) is 0.406. The van der Waals surface area contributed by atoms with Crippen LogP contribution < -0.4 is 10.6 Å². The van der Waals surface area contributed by atoms with Gasteiger partial charge in [-0.25, -0.2) is 4.98 Å². The van der Waals surface area contributed by atoms with Gasteiger partial charge in [0.25, 0.3) is 5.91 Å². The van der Waals surface area contributed by atoms with Crippen LogP contribution in [-0.4, -0.2) is 17.9 Å². The Kier molecular flexibility index (Phi) is 4.82. The molecule has 20 heavy (non-hydrogen) atoms. The molecule has 104 valence electrons. The van der Waals surface area contributed by atoms with Gasteiger partial charge in [-0.2, -0.15) is 0 Å². The molecule has 0 radical (unpaired) electrons. The molecule has 1 aromatic heterocycles. The first-order chi connectivity index (χ1) is 9.60. The van der Waals surface area contributed by atoms with Gasteiger partial charge >= 0.3 is 0 Å². The number of carbonyl (C=O) groups is 1. The highest BCUT2D eigenvalue weighted by Crippen LogP contribution is 2.18. The van der Waals surface area contributed by atoms with Crippen LogP contribution in [0.2, 0.25) is 10.0 Å². The Morgan fingerprint density at radius 3 is 2.60 bits per heavy atom. The Morgan fingerprint density at radius 1 is 1.25 bits per heavy atom. The predicted octanol–water partition coefficient (Wildman–Crippen LogP) is 3.36. The summed E-state index contributed by atoms with van der Waals surface area (Å²) in [4.78, 5) is 16.1. The van der Waals surface area contributed by atoms with E-state index in [1.54, 1.807) is 25.2 Å². The number of anilines is 1. The van der Waals surface area contributed by atoms with Crippen LogP contribution in [0.3, 0.4) is 0 Å². The molecule has 4 nitrogen and oxygen atoms in total. The molecule has 0 aliphatic rings. The van der Waals surface area contributed by atoms with E-state index in [-0.39, 0.29) is 5.91 Å². The van der Waals surface area contributed by atoms with Gasteiger partial charge in [0.1, 0.15) is 5.82 Å². The van der Waals surface area contributed by atoms with E-state index < -0.39 is 0 Å². The third kappa shape index (κ3) is 3.62. The maximum absolute atomic E-state index is 12.1. The van der Waals surface area contributed by atoms with Crippen LogP contribution in [0.15, 0.2) is 36.5 Å². The van der Waals surface area contributed by atoms with Crippen LogP contribution >= 0.6 is 23.2 Å². The first kappa shape index (κ1) is 14.6. The zero-order valence-electron chi connectivity index (χ0n) is 10.8. The van der Waals surface area contributed by atoms with Crippen molar-refractivity contribution in [1.29, 1.82) is 0 Å². The minimum Gasteiger partial charge on any atom is -0.373 e. The Balaban J connectivity index is 2.06. The SMILES string of the molecule is CNc1cc(C(=O)NCc2ccc(Cl)cc2)c(Cl)cn1. The molecule has 0 atom stereocenters. The molecule has 2 N–H and O–H groups in total. The second-order valence-electron chi connectivity index (χ2n) is 4.11. The maximum Gasteiger partial charge on any atom is 0.253 e. The van der Waals surface area contributed by atoms with Crippen molar-refractivity contribution in [3.8, 4) is 0 Å². The summed E-state index contributed by atoms with van der Waals surface area (Å²) >= 11 is 11.8. The summed E-state index contributed by atoms with van der Waals surface area (Å²) in [6.07, 6.45) is 1.45. The summed E-state index contributed by atoms with van der Waals surface area (Å²) in [5.74, 6) is 0.342. The zero-order valence-corrected chi connectivity index (χ0v) is 12.3. The Bertz CT molecular complexity index is 614. The molecule has 2 rings (SSSR count). The topological polar surface area (TPSA) is 54.0 Å². The second-order valence-corrected chi connectivity index (χ2v) is 4.95. The minimum atomic E-state index is -0.246. The highest BCUT2D eigenvalue weighted by atomic mass is 35.5. The van der Waals surface area contributed by atoms with Crippen LogP contribution in [0.5, 0.6) is 0 Å². The van der Waals surface area contributed by atoms with Crippen LogP contribution in [0, 0.1) is 0 Å².